The van der Waals surface area contributed by atoms with E-state index < -0.39 is 0 Å². The predicted molar refractivity (Wildman–Crippen MR) is 71.5 cm³/mol. The Morgan fingerprint density at radius 3 is 2.33 bits per heavy atom. The molecule has 1 saturated carbocycles. The molecule has 1 aliphatic carbocycles. The van der Waals surface area contributed by atoms with Crippen LogP contribution in [0.15, 0.2) is 0 Å². The number of ether oxygens (including phenoxy) is 1. The second kappa shape index (κ2) is 4.41. The Balaban J connectivity index is 1.71. The third kappa shape index (κ3) is 2.97. The van der Waals surface area contributed by atoms with E-state index in [4.69, 9.17) is 4.74 Å². The molecule has 0 aromatic rings. The van der Waals surface area contributed by atoms with Crippen LogP contribution in [0.2, 0.25) is 0 Å². The average Bonchev–Trinajstić information content (AvgIpc) is 2.02. The van der Waals surface area contributed by atoms with E-state index in [-0.39, 0.29) is 11.7 Å². The molecule has 1 heterocycles. The molecule has 104 valence electrons. The summed E-state index contributed by atoms with van der Waals surface area (Å²) in [5, 5.41) is 0. The van der Waals surface area contributed by atoms with Gasteiger partial charge in [-0.25, -0.2) is 4.79 Å². The Morgan fingerprint density at radius 1 is 1.33 bits per heavy atom. The van der Waals surface area contributed by atoms with E-state index in [1.165, 1.54) is 19.4 Å². The van der Waals surface area contributed by atoms with Crippen molar-refractivity contribution in [1.29, 1.82) is 0 Å². The van der Waals surface area contributed by atoms with Gasteiger partial charge in [-0.1, -0.05) is 0 Å². The highest BCUT2D eigenvalue weighted by molar-refractivity contribution is 5.69. The third-order valence-electron chi connectivity index (χ3n) is 3.77. The van der Waals surface area contributed by atoms with Gasteiger partial charge in [-0.2, -0.15) is 0 Å². The summed E-state index contributed by atoms with van der Waals surface area (Å²) in [5.41, 5.74) is 0.0461. The topological polar surface area (TPSA) is 32.8 Å². The lowest BCUT2D eigenvalue weighted by molar-refractivity contribution is -0.0984. The summed E-state index contributed by atoms with van der Waals surface area (Å²) in [7, 11) is 4.25. The van der Waals surface area contributed by atoms with Crippen LogP contribution in [0.25, 0.3) is 0 Å². The maximum atomic E-state index is 11.8. The van der Waals surface area contributed by atoms with Crippen LogP contribution in [0.1, 0.15) is 33.6 Å². The van der Waals surface area contributed by atoms with Crippen LogP contribution < -0.4 is 0 Å². The van der Waals surface area contributed by atoms with Crippen molar-refractivity contribution in [2.45, 2.75) is 39.2 Å². The van der Waals surface area contributed by atoms with Crippen molar-refractivity contribution in [3.8, 4) is 0 Å². The fourth-order valence-corrected chi connectivity index (χ4v) is 3.29. The fraction of sp³-hybridized carbons (Fsp3) is 0.929. The van der Waals surface area contributed by atoms with Crippen molar-refractivity contribution in [2.75, 3.05) is 33.7 Å². The summed E-state index contributed by atoms with van der Waals surface area (Å²) < 4.78 is 5.37. The van der Waals surface area contributed by atoms with E-state index >= 15 is 0 Å². The third-order valence-corrected chi connectivity index (χ3v) is 3.77. The number of hydrogen-bond acceptors (Lipinski definition) is 3. The molecule has 1 spiro atoms. The molecular formula is C14H26N2O2. The Bertz CT molecular complexity index is 319. The molecule has 1 aliphatic heterocycles. The van der Waals surface area contributed by atoms with Crippen molar-refractivity contribution < 1.29 is 9.53 Å². The molecule has 4 heteroatoms. The first kappa shape index (κ1) is 13.7. The number of rotatable bonds is 2. The highest BCUT2D eigenvalue weighted by Crippen LogP contribution is 2.52. The van der Waals surface area contributed by atoms with E-state index in [2.05, 4.69) is 19.0 Å². The van der Waals surface area contributed by atoms with Crippen LogP contribution in [0, 0.1) is 11.3 Å². The van der Waals surface area contributed by atoms with Crippen LogP contribution >= 0.6 is 0 Å². The van der Waals surface area contributed by atoms with E-state index in [9.17, 15) is 4.79 Å². The van der Waals surface area contributed by atoms with Crippen molar-refractivity contribution >= 4 is 6.09 Å². The molecule has 0 aromatic heterocycles. The van der Waals surface area contributed by atoms with Crippen molar-refractivity contribution in [2.24, 2.45) is 11.3 Å². The van der Waals surface area contributed by atoms with Gasteiger partial charge in [-0.15, -0.1) is 0 Å². The average molecular weight is 254 g/mol. The minimum atomic E-state index is -0.382. The number of carbonyl (C=O) groups excluding carboxylic acids is 1. The zero-order valence-corrected chi connectivity index (χ0v) is 12.3. The molecule has 2 fully saturated rings. The number of carbonyl (C=O) groups is 1. The first-order valence-corrected chi connectivity index (χ1v) is 6.82. The molecule has 1 saturated heterocycles. The van der Waals surface area contributed by atoms with Gasteiger partial charge in [-0.05, 0) is 53.6 Å². The van der Waals surface area contributed by atoms with Gasteiger partial charge in [0.1, 0.15) is 5.60 Å². The quantitative estimate of drug-likeness (QED) is 0.757. The van der Waals surface area contributed by atoms with Crippen LogP contribution in [-0.4, -0.2) is 55.2 Å². The van der Waals surface area contributed by atoms with Crippen LogP contribution in [0.4, 0.5) is 4.79 Å². The monoisotopic (exact) mass is 254 g/mol. The SMILES string of the molecule is CN(C)CC1CC2(C1)CN(C(=O)OC(C)(C)C)C2. The highest BCUT2D eigenvalue weighted by Gasteiger charge is 2.54. The summed E-state index contributed by atoms with van der Waals surface area (Å²) in [6.07, 6.45) is 2.39. The van der Waals surface area contributed by atoms with Gasteiger partial charge >= 0.3 is 6.09 Å². The van der Waals surface area contributed by atoms with Crippen LogP contribution in [0.3, 0.4) is 0 Å². The normalized spacial score (nSPS) is 22.9. The molecule has 2 rings (SSSR count). The Kier molecular flexibility index (Phi) is 3.34. The van der Waals surface area contributed by atoms with Gasteiger partial charge < -0.3 is 14.5 Å². The molecular weight excluding hydrogens is 228 g/mol. The van der Waals surface area contributed by atoms with Gasteiger partial charge in [0, 0.05) is 25.0 Å². The van der Waals surface area contributed by atoms with Gasteiger partial charge in [0.05, 0.1) is 0 Å². The second-order valence-electron chi connectivity index (χ2n) is 7.37. The minimum Gasteiger partial charge on any atom is -0.444 e. The molecule has 1 amide bonds. The smallest absolute Gasteiger partial charge is 0.410 e. The molecule has 2 aliphatic rings. The standard InChI is InChI=1S/C14H26N2O2/c1-13(2,3)18-12(17)16-9-14(10-16)6-11(7-14)8-15(4)5/h11H,6-10H2,1-5H3. The maximum Gasteiger partial charge on any atom is 0.410 e. The molecule has 0 aromatic carbocycles. The lowest BCUT2D eigenvalue weighted by Crippen LogP contribution is -2.65. The van der Waals surface area contributed by atoms with Crippen LogP contribution in [0.5, 0.6) is 0 Å². The first-order chi connectivity index (χ1) is 8.19. The number of likely N-dealkylation sites (tertiary alicyclic amines) is 1. The van der Waals surface area contributed by atoms with Gasteiger partial charge in [0.25, 0.3) is 0 Å². The van der Waals surface area contributed by atoms with Crippen LogP contribution in [-0.2, 0) is 4.74 Å². The molecule has 0 unspecified atom stereocenters. The largest absolute Gasteiger partial charge is 0.444 e. The summed E-state index contributed by atoms with van der Waals surface area (Å²) >= 11 is 0. The zero-order valence-electron chi connectivity index (χ0n) is 12.3. The first-order valence-electron chi connectivity index (χ1n) is 6.82. The Hall–Kier alpha value is -0.770. The number of amides is 1. The molecule has 0 bridgehead atoms. The highest BCUT2D eigenvalue weighted by atomic mass is 16.6. The lowest BCUT2D eigenvalue weighted by atomic mass is 9.58. The van der Waals surface area contributed by atoms with Gasteiger partial charge in [0.2, 0.25) is 0 Å². The summed E-state index contributed by atoms with van der Waals surface area (Å²) in [4.78, 5) is 15.9. The Labute approximate surface area is 110 Å². The molecule has 0 N–H and O–H groups in total. The van der Waals surface area contributed by atoms with Gasteiger partial charge in [0.15, 0.2) is 0 Å². The van der Waals surface area contributed by atoms with E-state index in [1.807, 2.05) is 25.7 Å². The van der Waals surface area contributed by atoms with Crippen molar-refractivity contribution in [1.82, 2.24) is 9.80 Å². The summed E-state index contributed by atoms with van der Waals surface area (Å²) in [6, 6.07) is 0. The summed E-state index contributed by atoms with van der Waals surface area (Å²) in [5.74, 6) is 0.820. The lowest BCUT2D eigenvalue weighted by Gasteiger charge is -2.59. The molecule has 18 heavy (non-hydrogen) atoms. The molecule has 0 radical (unpaired) electrons. The van der Waals surface area contributed by atoms with E-state index in [0.29, 0.717) is 5.41 Å². The van der Waals surface area contributed by atoms with E-state index in [1.54, 1.807) is 0 Å². The van der Waals surface area contributed by atoms with Gasteiger partial charge in [-0.3, -0.25) is 0 Å². The molecule has 0 atom stereocenters. The fourth-order valence-electron chi connectivity index (χ4n) is 3.29. The maximum absolute atomic E-state index is 11.8. The molecule has 4 nitrogen and oxygen atoms in total. The second-order valence-corrected chi connectivity index (χ2v) is 7.37. The number of nitrogens with zero attached hydrogens (tertiary/aromatic N) is 2. The van der Waals surface area contributed by atoms with Crippen molar-refractivity contribution in [3.05, 3.63) is 0 Å². The van der Waals surface area contributed by atoms with Crippen molar-refractivity contribution in [3.63, 3.8) is 0 Å². The summed E-state index contributed by atoms with van der Waals surface area (Å²) in [6.45, 7) is 8.70. The Morgan fingerprint density at radius 2 is 1.89 bits per heavy atom. The van der Waals surface area contributed by atoms with E-state index in [0.717, 1.165) is 19.0 Å². The zero-order chi connectivity index (χ0) is 13.6. The number of hydrogen-bond donors (Lipinski definition) is 0. The minimum absolute atomic E-state index is 0.149. The predicted octanol–water partition coefficient (Wildman–Crippen LogP) is 2.20.